The zero-order valence-corrected chi connectivity index (χ0v) is 14.3. The van der Waals surface area contributed by atoms with Gasteiger partial charge in [0.1, 0.15) is 17.2 Å². The normalized spacial score (nSPS) is 23.3. The highest BCUT2D eigenvalue weighted by atomic mass is 32.2. The summed E-state index contributed by atoms with van der Waals surface area (Å²) in [5.74, 6) is -0.321. The average molecular weight is 346 g/mol. The van der Waals surface area contributed by atoms with Gasteiger partial charge < -0.3 is 14.4 Å². The van der Waals surface area contributed by atoms with E-state index in [0.717, 1.165) is 5.56 Å². The molecule has 0 aliphatic carbocycles. The van der Waals surface area contributed by atoms with Crippen LogP contribution in [-0.4, -0.2) is 65.6 Å². The smallest absolute Gasteiger partial charge is 0.219 e. The molecule has 1 fully saturated rings. The third kappa shape index (κ3) is 4.48. The largest absolute Gasteiger partial charge is 0.378 e. The van der Waals surface area contributed by atoms with Gasteiger partial charge in [0.15, 0.2) is 0 Å². The Kier molecular flexibility index (Phi) is 6.10. The lowest BCUT2D eigenvalue weighted by molar-refractivity contribution is 0.0828. The summed E-state index contributed by atoms with van der Waals surface area (Å²) in [4.78, 5) is 1.88. The summed E-state index contributed by atoms with van der Waals surface area (Å²) < 4.78 is 51.0. The summed E-state index contributed by atoms with van der Waals surface area (Å²) in [6.45, 7) is 0.585. The maximum atomic E-state index is 13.1. The van der Waals surface area contributed by atoms with Crippen LogP contribution in [0.1, 0.15) is 11.6 Å². The zero-order chi connectivity index (χ0) is 17.0. The van der Waals surface area contributed by atoms with Gasteiger partial charge in [0.2, 0.25) is 10.0 Å². The number of ether oxygens (including phenoxy) is 2. The Morgan fingerprint density at radius 2 is 2.00 bits per heavy atom. The number of methoxy groups -OCH3 is 1. The van der Waals surface area contributed by atoms with Gasteiger partial charge >= 0.3 is 0 Å². The Labute approximate surface area is 136 Å². The molecule has 23 heavy (non-hydrogen) atoms. The molecule has 6 nitrogen and oxygen atoms in total. The number of sulfonamides is 1. The number of rotatable bonds is 7. The summed E-state index contributed by atoms with van der Waals surface area (Å²) in [7, 11) is 1.60. The monoisotopic (exact) mass is 346 g/mol. The van der Waals surface area contributed by atoms with Crippen molar-refractivity contribution < 1.29 is 22.3 Å². The van der Waals surface area contributed by atoms with E-state index in [9.17, 15) is 12.8 Å². The number of hydrogen-bond acceptors (Lipinski definition) is 5. The van der Waals surface area contributed by atoms with Crippen molar-refractivity contribution in [2.45, 2.75) is 17.4 Å². The van der Waals surface area contributed by atoms with Crippen LogP contribution in [0.3, 0.4) is 0 Å². The minimum Gasteiger partial charge on any atom is -0.378 e. The highest BCUT2D eigenvalue weighted by Crippen LogP contribution is 2.20. The molecule has 3 atom stereocenters. The molecule has 0 saturated carbocycles. The molecule has 2 rings (SSSR count). The number of nitrogens with one attached hydrogen (secondary N) is 1. The van der Waals surface area contributed by atoms with Gasteiger partial charge in [-0.15, -0.1) is 0 Å². The maximum absolute atomic E-state index is 13.1. The van der Waals surface area contributed by atoms with Crippen LogP contribution in [0.4, 0.5) is 4.39 Å². The lowest BCUT2D eigenvalue weighted by atomic mass is 10.1. The second kappa shape index (κ2) is 7.67. The van der Waals surface area contributed by atoms with Crippen LogP contribution in [0.5, 0.6) is 0 Å². The van der Waals surface area contributed by atoms with E-state index in [0.29, 0.717) is 0 Å². The van der Waals surface area contributed by atoms with E-state index in [2.05, 4.69) is 4.72 Å². The van der Waals surface area contributed by atoms with Gasteiger partial charge in [-0.1, -0.05) is 12.1 Å². The van der Waals surface area contributed by atoms with E-state index in [-0.39, 0.29) is 31.6 Å². The molecule has 1 N–H and O–H groups in total. The standard InChI is InChI=1S/C15H23FN2O4S/c1-18(2)13(11-4-6-12(16)7-5-11)8-17-23(19,20)15-10-22-9-14(15)21-3/h4-7,13-15,17H,8-10H2,1-3H3. The molecule has 0 amide bonds. The van der Waals surface area contributed by atoms with Crippen molar-refractivity contribution in [3.05, 3.63) is 35.6 Å². The van der Waals surface area contributed by atoms with Crippen molar-refractivity contribution in [2.75, 3.05) is 41.0 Å². The number of likely N-dealkylation sites (N-methyl/N-ethyl adjacent to an activating group) is 1. The molecule has 0 aromatic heterocycles. The van der Waals surface area contributed by atoms with Crippen molar-refractivity contribution in [1.82, 2.24) is 9.62 Å². The third-order valence-electron chi connectivity index (χ3n) is 4.04. The molecule has 0 radical (unpaired) electrons. The first-order chi connectivity index (χ1) is 10.8. The van der Waals surface area contributed by atoms with E-state index < -0.39 is 21.4 Å². The first-order valence-corrected chi connectivity index (χ1v) is 8.90. The van der Waals surface area contributed by atoms with Crippen molar-refractivity contribution >= 4 is 10.0 Å². The summed E-state index contributed by atoms with van der Waals surface area (Å²) in [5.41, 5.74) is 0.838. The molecule has 0 spiro atoms. The summed E-state index contributed by atoms with van der Waals surface area (Å²) in [5, 5.41) is -0.719. The molecule has 1 saturated heterocycles. The first kappa shape index (κ1) is 18.3. The molecule has 1 aliphatic rings. The summed E-state index contributed by atoms with van der Waals surface area (Å²) in [6.07, 6.45) is -0.462. The van der Waals surface area contributed by atoms with Crippen LogP contribution in [0, 0.1) is 5.82 Å². The molecule has 1 aliphatic heterocycles. The number of nitrogens with zero attached hydrogens (tertiary/aromatic N) is 1. The van der Waals surface area contributed by atoms with Crippen molar-refractivity contribution in [3.8, 4) is 0 Å². The molecular formula is C15H23FN2O4S. The van der Waals surface area contributed by atoms with E-state index >= 15 is 0 Å². The Hall–Kier alpha value is -1.06. The van der Waals surface area contributed by atoms with Gasteiger partial charge in [0, 0.05) is 19.7 Å². The quantitative estimate of drug-likeness (QED) is 0.790. The van der Waals surface area contributed by atoms with Crippen LogP contribution in [0.15, 0.2) is 24.3 Å². The molecule has 1 aromatic carbocycles. The lowest BCUT2D eigenvalue weighted by Crippen LogP contribution is -2.44. The number of benzene rings is 1. The Bertz CT molecular complexity index is 606. The lowest BCUT2D eigenvalue weighted by Gasteiger charge is -2.26. The van der Waals surface area contributed by atoms with Crippen LogP contribution in [0.2, 0.25) is 0 Å². The molecule has 130 valence electrons. The van der Waals surface area contributed by atoms with Crippen LogP contribution in [-0.2, 0) is 19.5 Å². The number of halogens is 1. The molecular weight excluding hydrogens is 323 g/mol. The summed E-state index contributed by atoms with van der Waals surface area (Å²) in [6, 6.07) is 5.85. The van der Waals surface area contributed by atoms with E-state index in [4.69, 9.17) is 9.47 Å². The average Bonchev–Trinajstić information content (AvgIpc) is 2.98. The van der Waals surface area contributed by atoms with Crippen molar-refractivity contribution in [1.29, 1.82) is 0 Å². The second-order valence-corrected chi connectivity index (χ2v) is 7.76. The molecule has 1 aromatic rings. The Balaban J connectivity index is 2.08. The molecule has 8 heteroatoms. The van der Waals surface area contributed by atoms with E-state index in [1.54, 1.807) is 12.1 Å². The fourth-order valence-corrected chi connectivity index (χ4v) is 4.08. The third-order valence-corrected chi connectivity index (χ3v) is 5.84. The van der Waals surface area contributed by atoms with Crippen LogP contribution in [0.25, 0.3) is 0 Å². The predicted octanol–water partition coefficient (Wildman–Crippen LogP) is 0.762. The minimum atomic E-state index is -3.57. The maximum Gasteiger partial charge on any atom is 0.219 e. The van der Waals surface area contributed by atoms with Gasteiger partial charge in [-0.2, -0.15) is 0 Å². The predicted molar refractivity (Wildman–Crippen MR) is 85.2 cm³/mol. The Morgan fingerprint density at radius 1 is 1.35 bits per heavy atom. The number of hydrogen-bond donors (Lipinski definition) is 1. The van der Waals surface area contributed by atoms with Crippen LogP contribution < -0.4 is 4.72 Å². The molecule has 0 bridgehead atoms. The van der Waals surface area contributed by atoms with Gasteiger partial charge in [0.25, 0.3) is 0 Å². The van der Waals surface area contributed by atoms with E-state index in [1.807, 2.05) is 19.0 Å². The highest BCUT2D eigenvalue weighted by molar-refractivity contribution is 7.90. The fraction of sp³-hybridized carbons (Fsp3) is 0.600. The molecule has 1 heterocycles. The van der Waals surface area contributed by atoms with Gasteiger partial charge in [-0.05, 0) is 31.8 Å². The SMILES string of the molecule is COC1COCC1S(=O)(=O)NCC(c1ccc(F)cc1)N(C)C. The van der Waals surface area contributed by atoms with Crippen LogP contribution >= 0.6 is 0 Å². The highest BCUT2D eigenvalue weighted by Gasteiger charge is 2.39. The summed E-state index contributed by atoms with van der Waals surface area (Å²) >= 11 is 0. The fourth-order valence-electron chi connectivity index (χ4n) is 2.61. The minimum absolute atomic E-state index is 0.122. The Morgan fingerprint density at radius 3 is 2.57 bits per heavy atom. The molecule has 3 unspecified atom stereocenters. The topological polar surface area (TPSA) is 67.9 Å². The van der Waals surface area contributed by atoms with Gasteiger partial charge in [-0.3, -0.25) is 0 Å². The van der Waals surface area contributed by atoms with Crippen molar-refractivity contribution in [3.63, 3.8) is 0 Å². The van der Waals surface area contributed by atoms with Gasteiger partial charge in [0.05, 0.1) is 13.2 Å². The van der Waals surface area contributed by atoms with Gasteiger partial charge in [-0.25, -0.2) is 17.5 Å². The first-order valence-electron chi connectivity index (χ1n) is 7.36. The second-order valence-electron chi connectivity index (χ2n) is 5.77. The van der Waals surface area contributed by atoms with Crippen molar-refractivity contribution in [2.24, 2.45) is 0 Å². The van der Waals surface area contributed by atoms with E-state index in [1.165, 1.54) is 19.2 Å². The zero-order valence-electron chi connectivity index (χ0n) is 13.5.